The average molecular weight is 266 g/mol. The Bertz CT molecular complexity index is 425. The van der Waals surface area contributed by atoms with Crippen LogP contribution in [-0.2, 0) is 4.74 Å². The Morgan fingerprint density at radius 1 is 1.42 bits per heavy atom. The van der Waals surface area contributed by atoms with Crippen LogP contribution in [0.3, 0.4) is 0 Å². The van der Waals surface area contributed by atoms with E-state index in [2.05, 4.69) is 5.32 Å². The van der Waals surface area contributed by atoms with E-state index in [0.29, 0.717) is 6.54 Å². The largest absolute Gasteiger partial charge is 0.399 e. The number of carbonyl (C=O) groups is 1. The quantitative estimate of drug-likeness (QED) is 0.820. The third-order valence-corrected chi connectivity index (χ3v) is 3.21. The first-order valence-corrected chi connectivity index (χ1v) is 6.61. The van der Waals surface area contributed by atoms with Gasteiger partial charge in [0.2, 0.25) is 0 Å². The lowest BCUT2D eigenvalue weighted by Gasteiger charge is -2.22. The van der Waals surface area contributed by atoms with Crippen LogP contribution in [0.2, 0.25) is 0 Å². The van der Waals surface area contributed by atoms with Gasteiger partial charge in [0, 0.05) is 24.4 Å². The number of amides is 1. The maximum Gasteiger partial charge on any atom is 0.251 e. The summed E-state index contributed by atoms with van der Waals surface area (Å²) < 4.78 is 18.7. The summed E-state index contributed by atoms with van der Waals surface area (Å²) in [5, 5.41) is 2.76. The van der Waals surface area contributed by atoms with Gasteiger partial charge in [-0.25, -0.2) is 4.39 Å². The summed E-state index contributed by atoms with van der Waals surface area (Å²) in [7, 11) is 0. The number of nitrogens with one attached hydrogen (secondary N) is 1. The molecule has 0 aromatic heterocycles. The Balaban J connectivity index is 1.80. The smallest absolute Gasteiger partial charge is 0.251 e. The first-order valence-electron chi connectivity index (χ1n) is 6.61. The molecular weight excluding hydrogens is 247 g/mol. The van der Waals surface area contributed by atoms with Crippen LogP contribution in [0.1, 0.15) is 36.0 Å². The molecule has 1 aliphatic heterocycles. The number of halogens is 1. The lowest BCUT2D eigenvalue weighted by Crippen LogP contribution is -2.29. The van der Waals surface area contributed by atoms with Crippen molar-refractivity contribution in [3.63, 3.8) is 0 Å². The average Bonchev–Trinajstić information content (AvgIpc) is 2.38. The molecule has 0 saturated carbocycles. The Labute approximate surface area is 112 Å². The third-order valence-electron chi connectivity index (χ3n) is 3.21. The van der Waals surface area contributed by atoms with Gasteiger partial charge in [-0.3, -0.25) is 4.79 Å². The standard InChI is InChI=1S/C14H19FN2O2/c15-11-7-10(8-12(16)9-11)14(18)17-5-4-13-3-1-2-6-19-13/h7-9,13H,1-6,16H2,(H,17,18). The highest BCUT2D eigenvalue weighted by molar-refractivity contribution is 5.95. The van der Waals surface area contributed by atoms with Gasteiger partial charge in [0.1, 0.15) is 5.82 Å². The zero-order chi connectivity index (χ0) is 13.7. The van der Waals surface area contributed by atoms with Crippen molar-refractivity contribution in [1.82, 2.24) is 5.32 Å². The fraction of sp³-hybridized carbons (Fsp3) is 0.500. The van der Waals surface area contributed by atoms with E-state index in [1.807, 2.05) is 0 Å². The van der Waals surface area contributed by atoms with Crippen LogP contribution in [0, 0.1) is 5.82 Å². The summed E-state index contributed by atoms with van der Waals surface area (Å²) >= 11 is 0. The van der Waals surface area contributed by atoms with Crippen molar-refractivity contribution in [2.75, 3.05) is 18.9 Å². The van der Waals surface area contributed by atoms with Crippen LogP contribution in [0.15, 0.2) is 18.2 Å². The van der Waals surface area contributed by atoms with Gasteiger partial charge in [0.25, 0.3) is 5.91 Å². The number of hydrogen-bond acceptors (Lipinski definition) is 3. The third kappa shape index (κ3) is 4.21. The Kier molecular flexibility index (Phi) is 4.74. The van der Waals surface area contributed by atoms with Crippen molar-refractivity contribution in [3.05, 3.63) is 29.6 Å². The van der Waals surface area contributed by atoms with Crippen molar-refractivity contribution < 1.29 is 13.9 Å². The van der Waals surface area contributed by atoms with E-state index in [-0.39, 0.29) is 23.3 Å². The molecule has 1 fully saturated rings. The summed E-state index contributed by atoms with van der Waals surface area (Å²) in [5.74, 6) is -0.803. The van der Waals surface area contributed by atoms with Crippen molar-refractivity contribution in [2.45, 2.75) is 31.8 Å². The molecule has 1 unspecified atom stereocenters. The first kappa shape index (κ1) is 13.8. The van der Waals surface area contributed by atoms with Crippen molar-refractivity contribution in [3.8, 4) is 0 Å². The minimum absolute atomic E-state index is 0.228. The lowest BCUT2D eigenvalue weighted by atomic mass is 10.1. The van der Waals surface area contributed by atoms with Gasteiger partial charge in [0.05, 0.1) is 6.10 Å². The van der Waals surface area contributed by atoms with Crippen LogP contribution < -0.4 is 11.1 Å². The van der Waals surface area contributed by atoms with Crippen molar-refractivity contribution >= 4 is 11.6 Å². The van der Waals surface area contributed by atoms with Gasteiger partial charge in [-0.1, -0.05) is 0 Å². The van der Waals surface area contributed by atoms with Gasteiger partial charge in [-0.05, 0) is 43.9 Å². The number of benzene rings is 1. The Hall–Kier alpha value is -1.62. The molecule has 3 N–H and O–H groups in total. The van der Waals surface area contributed by atoms with Crippen molar-refractivity contribution in [2.24, 2.45) is 0 Å². The van der Waals surface area contributed by atoms with Gasteiger partial charge >= 0.3 is 0 Å². The predicted molar refractivity (Wildman–Crippen MR) is 71.4 cm³/mol. The number of ether oxygens (including phenoxy) is 1. The Morgan fingerprint density at radius 3 is 2.95 bits per heavy atom. The predicted octanol–water partition coefficient (Wildman–Crippen LogP) is 2.10. The van der Waals surface area contributed by atoms with Gasteiger partial charge in [-0.15, -0.1) is 0 Å². The first-order chi connectivity index (χ1) is 9.15. The minimum Gasteiger partial charge on any atom is -0.399 e. The molecule has 1 aromatic carbocycles. The van der Waals surface area contributed by atoms with Gasteiger partial charge in [-0.2, -0.15) is 0 Å². The van der Waals surface area contributed by atoms with E-state index < -0.39 is 5.82 Å². The number of nitrogen functional groups attached to an aromatic ring is 1. The highest BCUT2D eigenvalue weighted by atomic mass is 19.1. The summed E-state index contributed by atoms with van der Waals surface area (Å²) in [4.78, 5) is 11.8. The summed E-state index contributed by atoms with van der Waals surface area (Å²) in [6.45, 7) is 1.33. The second-order valence-electron chi connectivity index (χ2n) is 4.81. The number of anilines is 1. The lowest BCUT2D eigenvalue weighted by molar-refractivity contribution is 0.0117. The normalized spacial score (nSPS) is 19.1. The molecule has 4 nitrogen and oxygen atoms in total. The maximum absolute atomic E-state index is 13.1. The molecule has 1 aromatic rings. The molecule has 1 aliphatic rings. The molecule has 0 bridgehead atoms. The van der Waals surface area contributed by atoms with E-state index in [9.17, 15) is 9.18 Å². The maximum atomic E-state index is 13.1. The molecule has 0 aliphatic carbocycles. The molecule has 0 radical (unpaired) electrons. The van der Waals surface area contributed by atoms with Crippen LogP contribution in [0.25, 0.3) is 0 Å². The van der Waals surface area contributed by atoms with Crippen LogP contribution in [0.5, 0.6) is 0 Å². The van der Waals surface area contributed by atoms with Gasteiger partial charge in [0.15, 0.2) is 0 Å². The minimum atomic E-state index is -0.499. The van der Waals surface area contributed by atoms with E-state index >= 15 is 0 Å². The zero-order valence-electron chi connectivity index (χ0n) is 10.8. The topological polar surface area (TPSA) is 64.4 Å². The fourth-order valence-electron chi connectivity index (χ4n) is 2.23. The molecule has 1 heterocycles. The fourth-order valence-corrected chi connectivity index (χ4v) is 2.23. The summed E-state index contributed by atoms with van der Waals surface area (Å²) in [6.07, 6.45) is 4.36. The Morgan fingerprint density at radius 2 is 2.26 bits per heavy atom. The molecule has 1 atom stereocenters. The van der Waals surface area contributed by atoms with E-state index in [0.717, 1.165) is 25.9 Å². The number of nitrogens with two attached hydrogens (primary N) is 1. The molecular formula is C14H19FN2O2. The number of hydrogen-bond donors (Lipinski definition) is 2. The van der Waals surface area contributed by atoms with E-state index in [1.165, 1.54) is 24.6 Å². The second kappa shape index (κ2) is 6.52. The molecule has 0 spiro atoms. The van der Waals surface area contributed by atoms with Crippen LogP contribution in [-0.4, -0.2) is 25.2 Å². The SMILES string of the molecule is Nc1cc(F)cc(C(=O)NCCC2CCCCO2)c1. The summed E-state index contributed by atoms with van der Waals surface area (Å²) in [5.41, 5.74) is 6.01. The molecule has 1 amide bonds. The highest BCUT2D eigenvalue weighted by Crippen LogP contribution is 2.15. The highest BCUT2D eigenvalue weighted by Gasteiger charge is 2.14. The number of carbonyl (C=O) groups excluding carboxylic acids is 1. The molecule has 5 heteroatoms. The molecule has 2 rings (SSSR count). The van der Waals surface area contributed by atoms with Crippen LogP contribution in [0.4, 0.5) is 10.1 Å². The summed E-state index contributed by atoms with van der Waals surface area (Å²) in [6, 6.07) is 3.84. The number of rotatable bonds is 4. The van der Waals surface area contributed by atoms with Crippen molar-refractivity contribution in [1.29, 1.82) is 0 Å². The molecule has 1 saturated heterocycles. The molecule has 104 valence electrons. The monoisotopic (exact) mass is 266 g/mol. The second-order valence-corrected chi connectivity index (χ2v) is 4.81. The van der Waals surface area contributed by atoms with Gasteiger partial charge < -0.3 is 15.8 Å². The zero-order valence-corrected chi connectivity index (χ0v) is 10.8. The van der Waals surface area contributed by atoms with E-state index in [1.54, 1.807) is 0 Å². The van der Waals surface area contributed by atoms with Crippen LogP contribution >= 0.6 is 0 Å². The molecule has 19 heavy (non-hydrogen) atoms. The van der Waals surface area contributed by atoms with E-state index in [4.69, 9.17) is 10.5 Å².